The van der Waals surface area contributed by atoms with E-state index in [4.69, 9.17) is 10.5 Å². The zero-order valence-electron chi connectivity index (χ0n) is 9.19. The van der Waals surface area contributed by atoms with Gasteiger partial charge in [-0.3, -0.25) is 0 Å². The monoisotopic (exact) mass is 233 g/mol. The first-order chi connectivity index (χ1) is 7.40. The second kappa shape index (κ2) is 4.84. The molecule has 0 aliphatic carbocycles. The molecule has 0 aliphatic rings. The van der Waals surface area contributed by atoms with Gasteiger partial charge in [-0.05, 0) is 19.9 Å². The Morgan fingerprint density at radius 2 is 1.88 bits per heavy atom. The lowest BCUT2D eigenvalue weighted by atomic mass is 9.93. The van der Waals surface area contributed by atoms with Gasteiger partial charge in [-0.25, -0.2) is 13.2 Å². The summed E-state index contributed by atoms with van der Waals surface area (Å²) in [4.78, 5) is 0. The van der Waals surface area contributed by atoms with Crippen LogP contribution in [-0.2, 0) is 10.3 Å². The maximum atomic E-state index is 13.4. The largest absolute Gasteiger partial charge is 0.379 e. The minimum atomic E-state index is -1.51. The predicted molar refractivity (Wildman–Crippen MR) is 54.3 cm³/mol. The van der Waals surface area contributed by atoms with Crippen LogP contribution in [0.1, 0.15) is 19.4 Å². The summed E-state index contributed by atoms with van der Waals surface area (Å²) in [7, 11) is 0. The Labute approximate surface area is 92.2 Å². The van der Waals surface area contributed by atoms with Crippen LogP contribution in [-0.4, -0.2) is 13.2 Å². The number of nitrogens with two attached hydrogens (primary N) is 1. The number of hydrogen-bond donors (Lipinski definition) is 1. The lowest BCUT2D eigenvalue weighted by molar-refractivity contribution is 0.0989. The van der Waals surface area contributed by atoms with Crippen LogP contribution in [0.2, 0.25) is 0 Å². The minimum Gasteiger partial charge on any atom is -0.379 e. The van der Waals surface area contributed by atoms with Crippen LogP contribution >= 0.6 is 0 Å². The highest BCUT2D eigenvalue weighted by molar-refractivity contribution is 5.27. The smallest absolute Gasteiger partial charge is 0.194 e. The maximum Gasteiger partial charge on any atom is 0.194 e. The van der Waals surface area contributed by atoms with Crippen molar-refractivity contribution in [1.82, 2.24) is 0 Å². The molecule has 0 saturated carbocycles. The van der Waals surface area contributed by atoms with E-state index in [9.17, 15) is 13.2 Å². The molecular formula is C11H14F3NO. The first kappa shape index (κ1) is 13.0. The zero-order valence-corrected chi connectivity index (χ0v) is 9.19. The summed E-state index contributed by atoms with van der Waals surface area (Å²) in [6.45, 7) is 3.71. The summed E-state index contributed by atoms with van der Waals surface area (Å²) in [6.07, 6.45) is 0. The van der Waals surface area contributed by atoms with Crippen LogP contribution in [0, 0.1) is 17.5 Å². The quantitative estimate of drug-likeness (QED) is 0.810. The average molecular weight is 233 g/mol. The molecule has 5 heteroatoms. The normalized spacial score (nSPS) is 14.9. The van der Waals surface area contributed by atoms with Crippen molar-refractivity contribution < 1.29 is 17.9 Å². The van der Waals surface area contributed by atoms with Crippen LogP contribution in [0.25, 0.3) is 0 Å². The molecule has 0 heterocycles. The van der Waals surface area contributed by atoms with Gasteiger partial charge in [0.2, 0.25) is 0 Å². The summed E-state index contributed by atoms with van der Waals surface area (Å²) in [6, 6.07) is 1.98. The maximum absolute atomic E-state index is 13.4. The van der Waals surface area contributed by atoms with Crippen LogP contribution in [0.15, 0.2) is 12.1 Å². The van der Waals surface area contributed by atoms with Gasteiger partial charge in [0.15, 0.2) is 17.5 Å². The van der Waals surface area contributed by atoms with Gasteiger partial charge in [0, 0.05) is 12.2 Å². The van der Waals surface area contributed by atoms with Gasteiger partial charge in [0.05, 0.1) is 12.1 Å². The molecule has 0 aromatic heterocycles. The highest BCUT2D eigenvalue weighted by Gasteiger charge is 2.28. The first-order valence-electron chi connectivity index (χ1n) is 4.90. The van der Waals surface area contributed by atoms with E-state index in [2.05, 4.69) is 0 Å². The van der Waals surface area contributed by atoms with Gasteiger partial charge < -0.3 is 10.5 Å². The van der Waals surface area contributed by atoms with Gasteiger partial charge >= 0.3 is 0 Å². The Morgan fingerprint density at radius 1 is 1.25 bits per heavy atom. The molecule has 1 atom stereocenters. The SMILES string of the molecule is CCOCC(C)(N)c1ccc(F)c(F)c1F. The van der Waals surface area contributed by atoms with E-state index in [1.165, 1.54) is 6.92 Å². The molecule has 1 aromatic carbocycles. The molecule has 0 fully saturated rings. The molecule has 1 rings (SSSR count). The summed E-state index contributed by atoms with van der Waals surface area (Å²) >= 11 is 0. The Morgan fingerprint density at radius 3 is 2.44 bits per heavy atom. The Balaban J connectivity index is 3.08. The standard InChI is InChI=1S/C11H14F3NO/c1-3-16-6-11(2,15)7-4-5-8(12)10(14)9(7)13/h4-5H,3,6,15H2,1-2H3. The van der Waals surface area contributed by atoms with Crippen molar-refractivity contribution in [3.63, 3.8) is 0 Å². The predicted octanol–water partition coefficient (Wildman–Crippen LogP) is 2.31. The summed E-state index contributed by atoms with van der Waals surface area (Å²) in [5, 5.41) is 0. The molecule has 90 valence electrons. The summed E-state index contributed by atoms with van der Waals surface area (Å²) < 4.78 is 44.2. The molecule has 2 N–H and O–H groups in total. The second-order valence-electron chi connectivity index (χ2n) is 3.78. The molecule has 0 bridgehead atoms. The fraction of sp³-hybridized carbons (Fsp3) is 0.455. The highest BCUT2D eigenvalue weighted by Crippen LogP contribution is 2.24. The number of halogens is 3. The molecule has 16 heavy (non-hydrogen) atoms. The van der Waals surface area contributed by atoms with E-state index >= 15 is 0 Å². The molecule has 0 saturated heterocycles. The van der Waals surface area contributed by atoms with Gasteiger partial charge in [0.1, 0.15) is 0 Å². The molecule has 0 amide bonds. The molecule has 1 aromatic rings. The van der Waals surface area contributed by atoms with Crippen molar-refractivity contribution in [2.45, 2.75) is 19.4 Å². The third-order valence-electron chi connectivity index (χ3n) is 2.26. The summed E-state index contributed by atoms with van der Waals surface area (Å²) in [5.41, 5.74) is 4.51. The van der Waals surface area contributed by atoms with Gasteiger partial charge in [-0.15, -0.1) is 0 Å². The minimum absolute atomic E-state index is 0.0332. The fourth-order valence-corrected chi connectivity index (χ4v) is 1.36. The molecule has 0 radical (unpaired) electrons. The topological polar surface area (TPSA) is 35.2 Å². The average Bonchev–Trinajstić information content (AvgIpc) is 2.23. The Kier molecular flexibility index (Phi) is 3.93. The fourth-order valence-electron chi connectivity index (χ4n) is 1.36. The first-order valence-corrected chi connectivity index (χ1v) is 4.90. The van der Waals surface area contributed by atoms with E-state index in [0.717, 1.165) is 12.1 Å². The summed E-state index contributed by atoms with van der Waals surface area (Å²) in [5.74, 6) is -4.00. The van der Waals surface area contributed by atoms with E-state index in [1.54, 1.807) is 6.92 Å². The Bertz CT molecular complexity index is 380. The highest BCUT2D eigenvalue weighted by atomic mass is 19.2. The van der Waals surface area contributed by atoms with Gasteiger partial charge in [-0.2, -0.15) is 0 Å². The van der Waals surface area contributed by atoms with Crippen LogP contribution in [0.5, 0.6) is 0 Å². The number of ether oxygens (including phenoxy) is 1. The second-order valence-corrected chi connectivity index (χ2v) is 3.78. The molecule has 0 aliphatic heterocycles. The number of hydrogen-bond acceptors (Lipinski definition) is 2. The molecular weight excluding hydrogens is 219 g/mol. The van der Waals surface area contributed by atoms with Crippen molar-refractivity contribution >= 4 is 0 Å². The van der Waals surface area contributed by atoms with Crippen molar-refractivity contribution in [2.24, 2.45) is 5.73 Å². The lowest BCUT2D eigenvalue weighted by Crippen LogP contribution is -2.39. The van der Waals surface area contributed by atoms with E-state index in [1.807, 2.05) is 0 Å². The van der Waals surface area contributed by atoms with Gasteiger partial charge in [-0.1, -0.05) is 6.07 Å². The van der Waals surface area contributed by atoms with Crippen LogP contribution in [0.4, 0.5) is 13.2 Å². The van der Waals surface area contributed by atoms with Crippen molar-refractivity contribution in [2.75, 3.05) is 13.2 Å². The number of rotatable bonds is 4. The van der Waals surface area contributed by atoms with Crippen LogP contribution in [0.3, 0.4) is 0 Å². The number of benzene rings is 1. The van der Waals surface area contributed by atoms with E-state index in [-0.39, 0.29) is 12.2 Å². The van der Waals surface area contributed by atoms with Crippen molar-refractivity contribution in [1.29, 1.82) is 0 Å². The van der Waals surface area contributed by atoms with Crippen molar-refractivity contribution in [3.05, 3.63) is 35.1 Å². The third kappa shape index (κ3) is 2.54. The molecule has 2 nitrogen and oxygen atoms in total. The zero-order chi connectivity index (χ0) is 12.3. The van der Waals surface area contributed by atoms with Crippen molar-refractivity contribution in [3.8, 4) is 0 Å². The van der Waals surface area contributed by atoms with Crippen LogP contribution < -0.4 is 5.73 Å². The molecule has 0 spiro atoms. The Hall–Kier alpha value is -1.07. The van der Waals surface area contributed by atoms with E-state index < -0.39 is 23.0 Å². The van der Waals surface area contributed by atoms with E-state index in [0.29, 0.717) is 6.61 Å². The third-order valence-corrected chi connectivity index (χ3v) is 2.26. The lowest BCUT2D eigenvalue weighted by Gasteiger charge is -2.25. The molecule has 1 unspecified atom stereocenters. The van der Waals surface area contributed by atoms with Gasteiger partial charge in [0.25, 0.3) is 0 Å².